The van der Waals surface area contributed by atoms with E-state index in [1.165, 1.54) is 51.4 Å². The molecule has 0 aliphatic carbocycles. The maximum absolute atomic E-state index is 10.7. The van der Waals surface area contributed by atoms with Crippen LogP contribution in [-0.2, 0) is 4.79 Å². The predicted molar refractivity (Wildman–Crippen MR) is 85.6 cm³/mol. The molecular weight excluding hydrogens is 298 g/mol. The van der Waals surface area contributed by atoms with Gasteiger partial charge in [-0.2, -0.15) is 0 Å². The van der Waals surface area contributed by atoms with Gasteiger partial charge in [-0.25, -0.2) is 0 Å². The summed E-state index contributed by atoms with van der Waals surface area (Å²) in [4.78, 5) is 17.1. The molecule has 1 aliphatic heterocycles. The van der Waals surface area contributed by atoms with E-state index in [0.717, 1.165) is 31.8 Å². The molecule has 0 aromatic rings. The van der Waals surface area contributed by atoms with E-state index in [1.807, 2.05) is 4.90 Å². The van der Waals surface area contributed by atoms with Gasteiger partial charge in [0.15, 0.2) is 0 Å². The Labute approximate surface area is 183 Å². The standard InChI is InChI=1S/C16H30N2O2.2Na.2H/c1-2-3-4-5-6-7-8-9-10-11-15-17-12-13-18(15)14-16(19)20;;;;/h2-14H2,1H3,(H,19,20);;;;/q;2*+1;2*-1. The summed E-state index contributed by atoms with van der Waals surface area (Å²) in [6, 6.07) is 0. The Morgan fingerprint density at radius 2 is 1.64 bits per heavy atom. The molecule has 6 heteroatoms. The van der Waals surface area contributed by atoms with Gasteiger partial charge in [-0.05, 0) is 6.42 Å². The second-order valence-electron chi connectivity index (χ2n) is 5.69. The smallest absolute Gasteiger partial charge is 1.00 e. The molecule has 120 valence electrons. The van der Waals surface area contributed by atoms with Crippen molar-refractivity contribution in [2.45, 2.75) is 71.1 Å². The largest absolute Gasteiger partial charge is 1.00 e. The fourth-order valence-corrected chi connectivity index (χ4v) is 2.69. The van der Waals surface area contributed by atoms with Gasteiger partial charge in [-0.15, -0.1) is 0 Å². The molecule has 1 rings (SSSR count). The van der Waals surface area contributed by atoms with E-state index in [-0.39, 0.29) is 68.5 Å². The zero-order valence-corrected chi connectivity index (χ0v) is 18.9. The third-order valence-electron chi connectivity index (χ3n) is 3.86. The van der Waals surface area contributed by atoms with E-state index in [4.69, 9.17) is 5.11 Å². The molecule has 0 aromatic carbocycles. The maximum atomic E-state index is 10.7. The fraction of sp³-hybridized carbons (Fsp3) is 0.875. The third-order valence-corrected chi connectivity index (χ3v) is 3.86. The van der Waals surface area contributed by atoms with Crippen LogP contribution in [0.15, 0.2) is 4.99 Å². The second kappa shape index (κ2) is 16.8. The zero-order valence-electron chi connectivity index (χ0n) is 16.9. The molecule has 1 aliphatic rings. The number of rotatable bonds is 12. The quantitative estimate of drug-likeness (QED) is 0.331. The fourth-order valence-electron chi connectivity index (χ4n) is 2.69. The molecule has 1 heterocycles. The molecule has 0 saturated heterocycles. The van der Waals surface area contributed by atoms with Crippen molar-refractivity contribution in [3.05, 3.63) is 0 Å². The summed E-state index contributed by atoms with van der Waals surface area (Å²) in [5.41, 5.74) is 0. The number of hydrogen-bond donors (Lipinski definition) is 1. The average Bonchev–Trinajstić information content (AvgIpc) is 2.83. The van der Waals surface area contributed by atoms with Gasteiger partial charge in [0.2, 0.25) is 0 Å². The Bertz CT molecular complexity index is 322. The van der Waals surface area contributed by atoms with Gasteiger partial charge in [-0.1, -0.05) is 58.3 Å². The van der Waals surface area contributed by atoms with Crippen molar-refractivity contribution in [3.8, 4) is 0 Å². The molecule has 0 amide bonds. The number of hydrogen-bond acceptors (Lipinski definition) is 3. The third kappa shape index (κ3) is 12.4. The Morgan fingerprint density at radius 3 is 2.18 bits per heavy atom. The van der Waals surface area contributed by atoms with E-state index in [1.54, 1.807) is 0 Å². The van der Waals surface area contributed by atoms with Gasteiger partial charge in [0, 0.05) is 13.0 Å². The minimum Gasteiger partial charge on any atom is -1.00 e. The normalized spacial score (nSPS) is 13.3. The summed E-state index contributed by atoms with van der Waals surface area (Å²) >= 11 is 0. The van der Waals surface area contributed by atoms with Gasteiger partial charge in [-0.3, -0.25) is 9.79 Å². The van der Waals surface area contributed by atoms with Crippen molar-refractivity contribution in [1.82, 2.24) is 4.90 Å². The molecule has 0 unspecified atom stereocenters. The van der Waals surface area contributed by atoms with Crippen molar-refractivity contribution in [3.63, 3.8) is 0 Å². The minimum atomic E-state index is -0.758. The number of amidine groups is 1. The van der Waals surface area contributed by atoms with Crippen LogP contribution in [0.5, 0.6) is 0 Å². The van der Waals surface area contributed by atoms with Crippen molar-refractivity contribution in [1.29, 1.82) is 0 Å². The van der Waals surface area contributed by atoms with Gasteiger partial charge in [0.05, 0.1) is 12.4 Å². The first-order chi connectivity index (χ1) is 9.74. The summed E-state index contributed by atoms with van der Waals surface area (Å²) in [7, 11) is 0. The molecule has 0 saturated carbocycles. The van der Waals surface area contributed by atoms with Crippen LogP contribution in [0.1, 0.15) is 74.0 Å². The van der Waals surface area contributed by atoms with Gasteiger partial charge in [0.25, 0.3) is 0 Å². The first-order valence-electron chi connectivity index (χ1n) is 8.24. The number of carboxylic acid groups (broad SMARTS) is 1. The number of aliphatic carboxylic acids is 1. The van der Waals surface area contributed by atoms with E-state index >= 15 is 0 Å². The molecule has 4 nitrogen and oxygen atoms in total. The van der Waals surface area contributed by atoms with Crippen molar-refractivity contribution >= 4 is 11.8 Å². The SMILES string of the molecule is CCCCCCCCCCCC1=NCCN1CC(=O)O.[H-].[H-].[Na+].[Na+]. The van der Waals surface area contributed by atoms with Crippen LogP contribution >= 0.6 is 0 Å². The molecule has 0 spiro atoms. The first kappa shape index (κ1) is 25.2. The van der Waals surface area contributed by atoms with Gasteiger partial charge in [0.1, 0.15) is 6.54 Å². The Balaban J connectivity index is -0.000000500. The van der Waals surface area contributed by atoms with Crippen LogP contribution in [0.2, 0.25) is 0 Å². The van der Waals surface area contributed by atoms with Gasteiger partial charge < -0.3 is 12.9 Å². The Morgan fingerprint density at radius 1 is 1.09 bits per heavy atom. The van der Waals surface area contributed by atoms with Crippen LogP contribution in [0.3, 0.4) is 0 Å². The molecule has 0 atom stereocenters. The molecule has 0 aromatic heterocycles. The van der Waals surface area contributed by atoms with Crippen molar-refractivity contribution < 1.29 is 71.9 Å². The topological polar surface area (TPSA) is 52.9 Å². The number of unbranched alkanes of at least 4 members (excludes halogenated alkanes) is 8. The summed E-state index contributed by atoms with van der Waals surface area (Å²) in [6.07, 6.45) is 12.8. The summed E-state index contributed by atoms with van der Waals surface area (Å²) in [6.45, 7) is 3.90. The molecule has 22 heavy (non-hydrogen) atoms. The van der Waals surface area contributed by atoms with E-state index in [0.29, 0.717) is 0 Å². The van der Waals surface area contributed by atoms with Gasteiger partial charge >= 0.3 is 65.1 Å². The van der Waals surface area contributed by atoms with E-state index in [9.17, 15) is 4.79 Å². The zero-order chi connectivity index (χ0) is 14.6. The van der Waals surface area contributed by atoms with E-state index < -0.39 is 5.97 Å². The Kier molecular flexibility index (Phi) is 19.2. The van der Waals surface area contributed by atoms with Crippen molar-refractivity contribution in [2.24, 2.45) is 4.99 Å². The van der Waals surface area contributed by atoms with Crippen LogP contribution in [0, 0.1) is 0 Å². The number of aliphatic imine (C=N–C) groups is 1. The molecule has 0 bridgehead atoms. The van der Waals surface area contributed by atoms with Crippen LogP contribution in [0.25, 0.3) is 0 Å². The van der Waals surface area contributed by atoms with Crippen LogP contribution < -0.4 is 59.1 Å². The second-order valence-corrected chi connectivity index (χ2v) is 5.69. The molecule has 0 fully saturated rings. The number of nitrogens with zero attached hydrogens (tertiary/aromatic N) is 2. The maximum Gasteiger partial charge on any atom is 1.00 e. The summed E-state index contributed by atoms with van der Waals surface area (Å²) < 4.78 is 0. The van der Waals surface area contributed by atoms with Crippen LogP contribution in [0.4, 0.5) is 0 Å². The number of carbonyl (C=O) groups is 1. The van der Waals surface area contributed by atoms with Crippen LogP contribution in [-0.4, -0.2) is 41.4 Å². The summed E-state index contributed by atoms with van der Waals surface area (Å²) in [5.74, 6) is 0.252. The monoisotopic (exact) mass is 330 g/mol. The average molecular weight is 330 g/mol. The minimum absolute atomic E-state index is 0. The number of carboxylic acids is 1. The van der Waals surface area contributed by atoms with E-state index in [2.05, 4.69) is 11.9 Å². The Hall–Kier alpha value is 0.940. The molecule has 0 radical (unpaired) electrons. The summed E-state index contributed by atoms with van der Waals surface area (Å²) in [5, 5.41) is 8.83. The predicted octanol–water partition coefficient (Wildman–Crippen LogP) is -2.06. The molecular formula is C16H32N2Na2O2. The first-order valence-corrected chi connectivity index (χ1v) is 8.24. The molecule has 1 N–H and O–H groups in total. The van der Waals surface area contributed by atoms with Crippen molar-refractivity contribution in [2.75, 3.05) is 19.6 Å².